The van der Waals surface area contributed by atoms with Crippen molar-refractivity contribution in [3.05, 3.63) is 29.3 Å². The Kier molecular flexibility index (Phi) is 5.15. The van der Waals surface area contributed by atoms with E-state index in [4.69, 9.17) is 0 Å². The molecule has 3 atom stereocenters. The fraction of sp³-hybridized carbons (Fsp3) is 0.680. The highest BCUT2D eigenvalue weighted by molar-refractivity contribution is 8.15. The molecular weight excluding hydrogens is 454 g/mol. The summed E-state index contributed by atoms with van der Waals surface area (Å²) in [6, 6.07) is 5.80. The number of carbonyl (C=O) groups excluding carboxylic acids is 1. The van der Waals surface area contributed by atoms with Crippen molar-refractivity contribution in [2.75, 3.05) is 16.8 Å². The molecule has 33 heavy (non-hydrogen) atoms. The fourth-order valence-electron chi connectivity index (χ4n) is 7.57. The normalized spacial score (nSPS) is 38.6. The van der Waals surface area contributed by atoms with E-state index in [9.17, 15) is 13.2 Å². The molecule has 8 heteroatoms. The number of sulfone groups is 1. The lowest BCUT2D eigenvalue weighted by atomic mass is 9.48. The molecule has 7 rings (SSSR count). The van der Waals surface area contributed by atoms with Gasteiger partial charge in [-0.2, -0.15) is 0 Å². The topological polar surface area (TPSA) is 87.6 Å². The van der Waals surface area contributed by atoms with Crippen LogP contribution in [0, 0.1) is 30.1 Å². The Hall–Kier alpha value is -1.54. The first kappa shape index (κ1) is 22.0. The van der Waals surface area contributed by atoms with Gasteiger partial charge in [-0.1, -0.05) is 17.8 Å². The van der Waals surface area contributed by atoms with Crippen LogP contribution in [-0.4, -0.2) is 48.3 Å². The van der Waals surface area contributed by atoms with Gasteiger partial charge >= 0.3 is 0 Å². The number of hydrogen-bond acceptors (Lipinski definition) is 6. The van der Waals surface area contributed by atoms with Crippen molar-refractivity contribution >= 4 is 38.4 Å². The summed E-state index contributed by atoms with van der Waals surface area (Å²) in [5, 5.41) is 7.48. The number of aryl methyl sites for hydroxylation is 1. The molecule has 2 aliphatic heterocycles. The number of rotatable bonds is 4. The lowest BCUT2D eigenvalue weighted by molar-refractivity contribution is -0.0688. The maximum absolute atomic E-state index is 13.2. The van der Waals surface area contributed by atoms with Gasteiger partial charge in [0.05, 0.1) is 17.5 Å². The van der Waals surface area contributed by atoms with Gasteiger partial charge in [-0.25, -0.2) is 8.42 Å². The van der Waals surface area contributed by atoms with E-state index in [1.54, 1.807) is 0 Å². The maximum Gasteiger partial charge on any atom is 0.251 e. The average molecular weight is 488 g/mol. The number of amides is 1. The number of anilines is 1. The third-order valence-electron chi connectivity index (χ3n) is 8.91. The summed E-state index contributed by atoms with van der Waals surface area (Å²) in [5.41, 5.74) is 2.84. The minimum Gasteiger partial charge on any atom is -0.349 e. The SMILES string of the molecule is Cc1ccc(C(=O)NC(C)C23CC4CC(CC(C4)C2)C3)cc1NC1=N[C@@H]2CS(=O)(=O)C[C@@H]2S1. The lowest BCUT2D eigenvalue weighted by Crippen LogP contribution is -2.55. The molecule has 5 fully saturated rings. The monoisotopic (exact) mass is 487 g/mol. The molecule has 2 heterocycles. The van der Waals surface area contributed by atoms with Gasteiger partial charge in [0.1, 0.15) is 0 Å². The van der Waals surface area contributed by atoms with Gasteiger partial charge in [0.15, 0.2) is 15.0 Å². The number of carbonyl (C=O) groups is 1. The third kappa shape index (κ3) is 4.01. The van der Waals surface area contributed by atoms with Crippen LogP contribution in [0.2, 0.25) is 0 Å². The van der Waals surface area contributed by atoms with E-state index in [0.29, 0.717) is 5.56 Å². The number of thioether (sulfide) groups is 1. The molecule has 1 unspecified atom stereocenters. The van der Waals surface area contributed by atoms with Crippen LogP contribution in [0.3, 0.4) is 0 Å². The van der Waals surface area contributed by atoms with Crippen molar-refractivity contribution in [1.29, 1.82) is 0 Å². The summed E-state index contributed by atoms with van der Waals surface area (Å²) >= 11 is 1.50. The van der Waals surface area contributed by atoms with E-state index in [2.05, 4.69) is 22.5 Å². The summed E-state index contributed by atoms with van der Waals surface area (Å²) < 4.78 is 23.6. The van der Waals surface area contributed by atoms with Crippen LogP contribution >= 0.6 is 11.8 Å². The zero-order valence-electron chi connectivity index (χ0n) is 19.3. The first-order valence-electron chi connectivity index (χ1n) is 12.3. The Balaban J connectivity index is 1.15. The van der Waals surface area contributed by atoms with Gasteiger partial charge in [0.2, 0.25) is 0 Å². The molecular formula is C25H33N3O3S2. The second-order valence-electron chi connectivity index (χ2n) is 11.4. The summed E-state index contributed by atoms with van der Waals surface area (Å²) in [6.45, 7) is 4.22. The maximum atomic E-state index is 13.2. The van der Waals surface area contributed by atoms with Crippen molar-refractivity contribution < 1.29 is 13.2 Å². The van der Waals surface area contributed by atoms with Gasteiger partial charge in [-0.3, -0.25) is 9.79 Å². The molecule has 6 nitrogen and oxygen atoms in total. The van der Waals surface area contributed by atoms with Crippen LogP contribution in [0.15, 0.2) is 23.2 Å². The second kappa shape index (κ2) is 7.74. The minimum atomic E-state index is -2.96. The number of benzene rings is 1. The van der Waals surface area contributed by atoms with Crippen LogP contribution in [0.1, 0.15) is 61.4 Å². The number of nitrogens with one attached hydrogen (secondary N) is 2. The van der Waals surface area contributed by atoms with Gasteiger partial charge in [-0.05, 0) is 93.2 Å². The second-order valence-corrected chi connectivity index (χ2v) is 14.7. The van der Waals surface area contributed by atoms with E-state index in [1.165, 1.54) is 50.3 Å². The Morgan fingerprint density at radius 3 is 2.42 bits per heavy atom. The Bertz CT molecular complexity index is 1090. The van der Waals surface area contributed by atoms with Gasteiger partial charge in [0, 0.05) is 22.5 Å². The molecule has 0 spiro atoms. The highest BCUT2D eigenvalue weighted by Crippen LogP contribution is 2.61. The Labute approximate surface area is 200 Å². The predicted molar refractivity (Wildman–Crippen MR) is 134 cm³/mol. The average Bonchev–Trinajstić information content (AvgIpc) is 3.21. The summed E-state index contributed by atoms with van der Waals surface area (Å²) in [7, 11) is -2.96. The minimum absolute atomic E-state index is 0.00502. The molecule has 4 aliphatic carbocycles. The van der Waals surface area contributed by atoms with Crippen molar-refractivity contribution in [2.24, 2.45) is 28.2 Å². The quantitative estimate of drug-likeness (QED) is 0.670. The number of amidine groups is 1. The smallest absolute Gasteiger partial charge is 0.251 e. The van der Waals surface area contributed by atoms with E-state index >= 15 is 0 Å². The zero-order valence-corrected chi connectivity index (χ0v) is 21.0. The fourth-order valence-corrected chi connectivity index (χ4v) is 11.2. The van der Waals surface area contributed by atoms with Gasteiger partial charge in [0.25, 0.3) is 5.91 Å². The van der Waals surface area contributed by atoms with Crippen molar-refractivity contribution in [1.82, 2.24) is 5.32 Å². The standard InChI is InChI=1S/C25H33N3O3S2/c1-14-3-4-19(8-20(14)27-24-28-21-12-33(30,31)13-22(21)32-24)23(29)26-15(2)25-9-16-5-17(10-25)7-18(6-16)11-25/h3-4,8,15-18,21-22H,5-7,9-13H2,1-2H3,(H,26,29)(H,27,28)/t15?,16?,17?,18?,21-,22+,25?/m1/s1. The van der Waals surface area contributed by atoms with E-state index < -0.39 is 9.84 Å². The summed E-state index contributed by atoms with van der Waals surface area (Å²) in [6.07, 6.45) is 8.04. The first-order valence-corrected chi connectivity index (χ1v) is 15.0. The molecule has 6 aliphatic rings. The van der Waals surface area contributed by atoms with Gasteiger partial charge in [-0.15, -0.1) is 0 Å². The van der Waals surface area contributed by atoms with Crippen LogP contribution in [0.5, 0.6) is 0 Å². The highest BCUT2D eigenvalue weighted by Gasteiger charge is 2.53. The molecule has 0 aromatic heterocycles. The van der Waals surface area contributed by atoms with Crippen LogP contribution in [0.4, 0.5) is 5.69 Å². The highest BCUT2D eigenvalue weighted by atomic mass is 32.2. The van der Waals surface area contributed by atoms with Crippen molar-refractivity contribution in [3.63, 3.8) is 0 Å². The molecule has 178 valence electrons. The van der Waals surface area contributed by atoms with Crippen LogP contribution in [-0.2, 0) is 9.84 Å². The molecule has 1 aromatic rings. The molecule has 2 N–H and O–H groups in total. The molecule has 1 aromatic carbocycles. The molecule has 4 bridgehead atoms. The van der Waals surface area contributed by atoms with E-state index in [-0.39, 0.29) is 40.2 Å². The Morgan fingerprint density at radius 1 is 1.12 bits per heavy atom. The lowest BCUT2D eigenvalue weighted by Gasteiger charge is -2.59. The Morgan fingerprint density at radius 2 is 1.79 bits per heavy atom. The molecule has 4 saturated carbocycles. The third-order valence-corrected chi connectivity index (χ3v) is 12.1. The molecule has 0 radical (unpaired) electrons. The zero-order chi connectivity index (χ0) is 23.0. The molecule has 1 amide bonds. The van der Waals surface area contributed by atoms with Crippen molar-refractivity contribution in [2.45, 2.75) is 69.7 Å². The number of fused-ring (bicyclic) bond motifs is 1. The number of hydrogen-bond donors (Lipinski definition) is 2. The van der Waals surface area contributed by atoms with E-state index in [1.807, 2.05) is 25.1 Å². The summed E-state index contributed by atoms with van der Waals surface area (Å²) in [4.78, 5) is 17.8. The number of nitrogens with zero attached hydrogens (tertiary/aromatic N) is 1. The number of aliphatic imine (C=N–C) groups is 1. The van der Waals surface area contributed by atoms with Crippen LogP contribution < -0.4 is 10.6 Å². The molecule has 1 saturated heterocycles. The van der Waals surface area contributed by atoms with E-state index in [0.717, 1.165) is 34.2 Å². The van der Waals surface area contributed by atoms with Crippen LogP contribution in [0.25, 0.3) is 0 Å². The summed E-state index contributed by atoms with van der Waals surface area (Å²) in [5.74, 6) is 2.92. The largest absolute Gasteiger partial charge is 0.349 e. The van der Waals surface area contributed by atoms with Gasteiger partial charge < -0.3 is 10.6 Å². The first-order chi connectivity index (χ1) is 15.7. The predicted octanol–water partition coefficient (Wildman–Crippen LogP) is 4.01. The van der Waals surface area contributed by atoms with Crippen molar-refractivity contribution in [3.8, 4) is 0 Å².